The molecular formula is C15H13FN2O2. The topological polar surface area (TPSA) is 68.3 Å². The highest BCUT2D eigenvalue weighted by atomic mass is 19.1. The van der Waals surface area contributed by atoms with Crippen molar-refractivity contribution in [1.82, 2.24) is 0 Å². The predicted molar refractivity (Wildman–Crippen MR) is 73.2 cm³/mol. The van der Waals surface area contributed by atoms with Crippen LogP contribution in [0.5, 0.6) is 17.2 Å². The summed E-state index contributed by atoms with van der Waals surface area (Å²) >= 11 is 0. The smallest absolute Gasteiger partial charge is 0.167 e. The van der Waals surface area contributed by atoms with Crippen LogP contribution in [-0.4, -0.2) is 6.61 Å². The summed E-state index contributed by atoms with van der Waals surface area (Å²) in [6.45, 7) is 2.31. The number of halogens is 1. The lowest BCUT2D eigenvalue weighted by Gasteiger charge is -2.12. The molecule has 20 heavy (non-hydrogen) atoms. The van der Waals surface area contributed by atoms with Crippen LogP contribution in [0.25, 0.3) is 0 Å². The minimum Gasteiger partial charge on any atom is -0.492 e. The molecule has 0 spiro atoms. The first-order chi connectivity index (χ1) is 9.65. The van der Waals surface area contributed by atoms with Crippen LogP contribution < -0.4 is 15.2 Å². The summed E-state index contributed by atoms with van der Waals surface area (Å²) in [5.74, 6) is 0.174. The number of rotatable bonds is 4. The van der Waals surface area contributed by atoms with Gasteiger partial charge in [0.1, 0.15) is 11.4 Å². The number of nitriles is 1. The molecule has 0 amide bonds. The van der Waals surface area contributed by atoms with Crippen molar-refractivity contribution in [3.8, 4) is 23.3 Å². The van der Waals surface area contributed by atoms with E-state index in [2.05, 4.69) is 0 Å². The van der Waals surface area contributed by atoms with Crippen molar-refractivity contribution >= 4 is 5.69 Å². The molecule has 0 saturated carbocycles. The molecule has 0 saturated heterocycles. The van der Waals surface area contributed by atoms with E-state index >= 15 is 0 Å². The molecule has 0 heterocycles. The first-order valence-corrected chi connectivity index (χ1v) is 6.04. The van der Waals surface area contributed by atoms with Gasteiger partial charge < -0.3 is 15.2 Å². The zero-order valence-electron chi connectivity index (χ0n) is 10.9. The number of nitrogens with two attached hydrogens (primary N) is 1. The van der Waals surface area contributed by atoms with Gasteiger partial charge in [-0.25, -0.2) is 4.39 Å². The first kappa shape index (κ1) is 13.7. The second-order valence-electron chi connectivity index (χ2n) is 3.96. The van der Waals surface area contributed by atoms with Crippen LogP contribution in [0.2, 0.25) is 0 Å². The molecule has 0 aliphatic rings. The molecule has 102 valence electrons. The van der Waals surface area contributed by atoms with E-state index in [0.717, 1.165) is 6.07 Å². The minimum atomic E-state index is -0.620. The monoisotopic (exact) mass is 272 g/mol. The third kappa shape index (κ3) is 2.81. The first-order valence-electron chi connectivity index (χ1n) is 6.04. The lowest BCUT2D eigenvalue weighted by molar-refractivity contribution is 0.340. The summed E-state index contributed by atoms with van der Waals surface area (Å²) in [6, 6.07) is 10.9. The summed E-state index contributed by atoms with van der Waals surface area (Å²) in [5.41, 5.74) is 6.43. The molecule has 0 atom stereocenters. The fourth-order valence-electron chi connectivity index (χ4n) is 1.67. The fraction of sp³-hybridized carbons (Fsp3) is 0.133. The molecule has 0 radical (unpaired) electrons. The summed E-state index contributed by atoms with van der Waals surface area (Å²) < 4.78 is 24.5. The van der Waals surface area contributed by atoms with Gasteiger partial charge in [0.25, 0.3) is 0 Å². The Hall–Kier alpha value is -2.74. The molecule has 2 aromatic carbocycles. The van der Waals surface area contributed by atoms with Gasteiger partial charge in [-0.15, -0.1) is 0 Å². The Bertz CT molecular complexity index is 665. The van der Waals surface area contributed by atoms with Gasteiger partial charge in [0.2, 0.25) is 0 Å². The Morgan fingerprint density at radius 2 is 1.95 bits per heavy atom. The van der Waals surface area contributed by atoms with Crippen molar-refractivity contribution in [2.75, 3.05) is 12.3 Å². The molecule has 0 aliphatic heterocycles. The van der Waals surface area contributed by atoms with Gasteiger partial charge in [-0.3, -0.25) is 0 Å². The van der Waals surface area contributed by atoms with Crippen LogP contribution in [0, 0.1) is 17.1 Å². The second-order valence-corrected chi connectivity index (χ2v) is 3.96. The maximum absolute atomic E-state index is 13.8. The third-order valence-corrected chi connectivity index (χ3v) is 2.61. The van der Waals surface area contributed by atoms with Crippen LogP contribution in [0.15, 0.2) is 36.4 Å². The average molecular weight is 272 g/mol. The van der Waals surface area contributed by atoms with Gasteiger partial charge in [-0.05, 0) is 37.3 Å². The SMILES string of the molecule is CCOc1cccc(Oc2ccc(C#N)cc2F)c1N. The standard InChI is InChI=1S/C15H13FN2O2/c1-2-19-13-4-3-5-14(15(13)18)20-12-7-6-10(9-17)8-11(12)16/h3-8H,2,18H2,1H3. The number of anilines is 1. The van der Waals surface area contributed by atoms with E-state index in [9.17, 15) is 4.39 Å². The Morgan fingerprint density at radius 1 is 1.20 bits per heavy atom. The molecule has 2 aromatic rings. The maximum Gasteiger partial charge on any atom is 0.167 e. The van der Waals surface area contributed by atoms with E-state index in [0.29, 0.717) is 23.8 Å². The van der Waals surface area contributed by atoms with E-state index in [1.807, 2.05) is 13.0 Å². The Kier molecular flexibility index (Phi) is 4.06. The summed E-state index contributed by atoms with van der Waals surface area (Å²) in [4.78, 5) is 0. The molecule has 2 rings (SSSR count). The van der Waals surface area contributed by atoms with Crippen molar-refractivity contribution in [1.29, 1.82) is 5.26 Å². The lowest BCUT2D eigenvalue weighted by atomic mass is 10.2. The number of hydrogen-bond donors (Lipinski definition) is 1. The van der Waals surface area contributed by atoms with E-state index in [-0.39, 0.29) is 11.3 Å². The molecular weight excluding hydrogens is 259 g/mol. The quantitative estimate of drug-likeness (QED) is 0.865. The highest BCUT2D eigenvalue weighted by molar-refractivity contribution is 5.63. The zero-order chi connectivity index (χ0) is 14.5. The minimum absolute atomic E-state index is 0.00403. The molecule has 0 aromatic heterocycles. The average Bonchev–Trinajstić information content (AvgIpc) is 2.45. The third-order valence-electron chi connectivity index (χ3n) is 2.61. The Labute approximate surface area is 116 Å². The largest absolute Gasteiger partial charge is 0.492 e. The molecule has 0 bridgehead atoms. The van der Waals surface area contributed by atoms with Crippen LogP contribution in [0.1, 0.15) is 12.5 Å². The van der Waals surface area contributed by atoms with Crippen molar-refractivity contribution in [2.24, 2.45) is 0 Å². The number of hydrogen-bond acceptors (Lipinski definition) is 4. The van der Waals surface area contributed by atoms with Gasteiger partial charge in [-0.1, -0.05) is 6.07 Å². The molecule has 0 aliphatic carbocycles. The van der Waals surface area contributed by atoms with E-state index < -0.39 is 5.82 Å². The maximum atomic E-state index is 13.8. The van der Waals surface area contributed by atoms with Crippen LogP contribution >= 0.6 is 0 Å². The molecule has 0 fully saturated rings. The fourth-order valence-corrected chi connectivity index (χ4v) is 1.67. The predicted octanol–water partition coefficient (Wildman–Crippen LogP) is 3.47. The normalized spacial score (nSPS) is 9.85. The Balaban J connectivity index is 2.31. The van der Waals surface area contributed by atoms with Crippen LogP contribution in [-0.2, 0) is 0 Å². The van der Waals surface area contributed by atoms with Crippen molar-refractivity contribution in [3.05, 3.63) is 47.8 Å². The number of nitrogens with zero attached hydrogens (tertiary/aromatic N) is 1. The number of benzene rings is 2. The highest BCUT2D eigenvalue weighted by Crippen LogP contribution is 2.35. The lowest BCUT2D eigenvalue weighted by Crippen LogP contribution is -1.99. The number of nitrogen functional groups attached to an aromatic ring is 1. The summed E-state index contributed by atoms with van der Waals surface area (Å²) in [6.07, 6.45) is 0. The second kappa shape index (κ2) is 5.93. The molecule has 2 N–H and O–H groups in total. The van der Waals surface area contributed by atoms with Gasteiger partial charge in [0.05, 0.1) is 18.2 Å². The van der Waals surface area contributed by atoms with E-state index in [4.69, 9.17) is 20.5 Å². The molecule has 5 heteroatoms. The van der Waals surface area contributed by atoms with Gasteiger partial charge in [0, 0.05) is 0 Å². The van der Waals surface area contributed by atoms with Gasteiger partial charge >= 0.3 is 0 Å². The van der Waals surface area contributed by atoms with Crippen molar-refractivity contribution in [2.45, 2.75) is 6.92 Å². The number of para-hydroxylation sites is 1. The van der Waals surface area contributed by atoms with Crippen LogP contribution in [0.3, 0.4) is 0 Å². The number of ether oxygens (including phenoxy) is 2. The Morgan fingerprint density at radius 3 is 2.60 bits per heavy atom. The van der Waals surface area contributed by atoms with Gasteiger partial charge in [0.15, 0.2) is 17.3 Å². The molecule has 4 nitrogen and oxygen atoms in total. The molecule has 0 unspecified atom stereocenters. The van der Waals surface area contributed by atoms with Crippen molar-refractivity contribution in [3.63, 3.8) is 0 Å². The highest BCUT2D eigenvalue weighted by Gasteiger charge is 2.11. The van der Waals surface area contributed by atoms with E-state index in [1.54, 1.807) is 18.2 Å². The zero-order valence-corrected chi connectivity index (χ0v) is 10.9. The van der Waals surface area contributed by atoms with Gasteiger partial charge in [-0.2, -0.15) is 5.26 Å². The van der Waals surface area contributed by atoms with Crippen molar-refractivity contribution < 1.29 is 13.9 Å². The summed E-state index contributed by atoms with van der Waals surface area (Å²) in [7, 11) is 0. The van der Waals surface area contributed by atoms with E-state index in [1.165, 1.54) is 12.1 Å². The van der Waals surface area contributed by atoms with Crippen LogP contribution in [0.4, 0.5) is 10.1 Å². The summed E-state index contributed by atoms with van der Waals surface area (Å²) in [5, 5.41) is 8.69.